The molecule has 0 spiro atoms. The molecular weight excluding hydrogens is 230 g/mol. The fourth-order valence-electron chi connectivity index (χ4n) is 2.07. The average molecular weight is 254 g/mol. The summed E-state index contributed by atoms with van der Waals surface area (Å²) in [5, 5.41) is 0.927. The number of rotatable bonds is 5. The molecule has 0 saturated heterocycles. The molecule has 1 aromatic rings. The Hall–Kier alpha value is -0.530. The molecule has 0 aliphatic heterocycles. The van der Waals surface area contributed by atoms with Crippen molar-refractivity contribution >= 4 is 11.6 Å². The SMILES string of the molecule is Cc1cc(CCC[C@H](C)N)cc(C(C)C)c1Cl. The minimum atomic E-state index is 0.299. The molecule has 0 aliphatic carbocycles. The molecule has 0 aliphatic rings. The minimum Gasteiger partial charge on any atom is -0.328 e. The van der Waals surface area contributed by atoms with E-state index in [1.54, 1.807) is 0 Å². The van der Waals surface area contributed by atoms with Gasteiger partial charge in [0.15, 0.2) is 0 Å². The Bertz CT molecular complexity index is 369. The first-order valence-electron chi connectivity index (χ1n) is 6.46. The van der Waals surface area contributed by atoms with Gasteiger partial charge in [0.05, 0.1) is 0 Å². The fourth-order valence-corrected chi connectivity index (χ4v) is 2.39. The zero-order chi connectivity index (χ0) is 13.0. The monoisotopic (exact) mass is 253 g/mol. The first-order valence-corrected chi connectivity index (χ1v) is 6.84. The van der Waals surface area contributed by atoms with Crippen LogP contribution < -0.4 is 5.73 Å². The van der Waals surface area contributed by atoms with Gasteiger partial charge in [0.25, 0.3) is 0 Å². The summed E-state index contributed by atoms with van der Waals surface area (Å²) in [6, 6.07) is 4.75. The van der Waals surface area contributed by atoms with Crippen molar-refractivity contribution in [1.82, 2.24) is 0 Å². The van der Waals surface area contributed by atoms with Crippen molar-refractivity contribution < 1.29 is 0 Å². The average Bonchev–Trinajstić information content (AvgIpc) is 2.22. The van der Waals surface area contributed by atoms with E-state index in [9.17, 15) is 0 Å². The molecule has 0 bridgehead atoms. The van der Waals surface area contributed by atoms with Gasteiger partial charge < -0.3 is 5.73 Å². The fraction of sp³-hybridized carbons (Fsp3) is 0.600. The molecule has 2 heteroatoms. The summed E-state index contributed by atoms with van der Waals surface area (Å²) in [4.78, 5) is 0. The van der Waals surface area contributed by atoms with Crippen molar-refractivity contribution in [3.63, 3.8) is 0 Å². The summed E-state index contributed by atoms with van der Waals surface area (Å²) in [7, 11) is 0. The molecule has 0 amide bonds. The standard InChI is InChI=1S/C15H24ClN/c1-10(2)14-9-13(7-5-6-12(4)17)8-11(3)15(14)16/h8-10,12H,5-7,17H2,1-4H3/t12-/m0/s1. The highest BCUT2D eigenvalue weighted by Gasteiger charge is 2.09. The van der Waals surface area contributed by atoms with Crippen LogP contribution in [0.2, 0.25) is 5.02 Å². The summed E-state index contributed by atoms with van der Waals surface area (Å²) in [6.07, 6.45) is 3.33. The Balaban J connectivity index is 2.80. The van der Waals surface area contributed by atoms with E-state index >= 15 is 0 Å². The number of benzene rings is 1. The highest BCUT2D eigenvalue weighted by Crippen LogP contribution is 2.29. The van der Waals surface area contributed by atoms with E-state index in [-0.39, 0.29) is 0 Å². The molecule has 1 nitrogen and oxygen atoms in total. The lowest BCUT2D eigenvalue weighted by atomic mass is 9.95. The number of nitrogens with two attached hydrogens (primary N) is 1. The highest BCUT2D eigenvalue weighted by atomic mass is 35.5. The molecule has 0 radical (unpaired) electrons. The molecular formula is C15H24ClN. The molecule has 1 rings (SSSR count). The molecule has 0 fully saturated rings. The van der Waals surface area contributed by atoms with Gasteiger partial charge >= 0.3 is 0 Å². The van der Waals surface area contributed by atoms with Crippen LogP contribution in [0.5, 0.6) is 0 Å². The summed E-state index contributed by atoms with van der Waals surface area (Å²) < 4.78 is 0. The molecule has 0 unspecified atom stereocenters. The smallest absolute Gasteiger partial charge is 0.0469 e. The van der Waals surface area contributed by atoms with Crippen molar-refractivity contribution in [3.8, 4) is 0 Å². The lowest BCUT2D eigenvalue weighted by molar-refractivity contribution is 0.624. The third-order valence-corrected chi connectivity index (χ3v) is 3.61. The van der Waals surface area contributed by atoms with Gasteiger partial charge in [-0.3, -0.25) is 0 Å². The number of hydrogen-bond donors (Lipinski definition) is 1. The number of hydrogen-bond acceptors (Lipinski definition) is 1. The van der Waals surface area contributed by atoms with E-state index < -0.39 is 0 Å². The van der Waals surface area contributed by atoms with Gasteiger partial charge in [-0.2, -0.15) is 0 Å². The maximum Gasteiger partial charge on any atom is 0.0469 e. The van der Waals surface area contributed by atoms with Gasteiger partial charge in [0.2, 0.25) is 0 Å². The van der Waals surface area contributed by atoms with Crippen LogP contribution in [0.1, 0.15) is 56.2 Å². The van der Waals surface area contributed by atoms with Crippen molar-refractivity contribution in [2.24, 2.45) is 5.73 Å². The zero-order valence-corrected chi connectivity index (χ0v) is 12.1. The third kappa shape index (κ3) is 4.33. The predicted octanol–water partition coefficient (Wildman–Crippen LogP) is 4.44. The molecule has 1 aromatic carbocycles. The summed E-state index contributed by atoms with van der Waals surface area (Å²) in [6.45, 7) is 8.52. The van der Waals surface area contributed by atoms with Crippen molar-refractivity contribution in [2.45, 2.75) is 58.9 Å². The van der Waals surface area contributed by atoms with Crippen LogP contribution in [0.15, 0.2) is 12.1 Å². The van der Waals surface area contributed by atoms with Crippen LogP contribution in [0.25, 0.3) is 0 Å². The Kier molecular flexibility index (Phi) is 5.48. The third-order valence-electron chi connectivity index (χ3n) is 3.09. The van der Waals surface area contributed by atoms with Gasteiger partial charge in [-0.1, -0.05) is 37.6 Å². The van der Waals surface area contributed by atoms with Crippen LogP contribution in [0.3, 0.4) is 0 Å². The highest BCUT2D eigenvalue weighted by molar-refractivity contribution is 6.32. The molecule has 17 heavy (non-hydrogen) atoms. The van der Waals surface area contributed by atoms with E-state index in [1.807, 2.05) is 0 Å². The zero-order valence-electron chi connectivity index (χ0n) is 11.4. The van der Waals surface area contributed by atoms with Gasteiger partial charge in [0.1, 0.15) is 0 Å². The van der Waals surface area contributed by atoms with E-state index in [0.717, 1.165) is 24.3 Å². The van der Waals surface area contributed by atoms with E-state index in [1.165, 1.54) is 16.7 Å². The van der Waals surface area contributed by atoms with Crippen LogP contribution in [0.4, 0.5) is 0 Å². The predicted molar refractivity (Wildman–Crippen MR) is 76.9 cm³/mol. The molecule has 2 N–H and O–H groups in total. The van der Waals surface area contributed by atoms with Crippen LogP contribution >= 0.6 is 11.6 Å². The maximum atomic E-state index is 6.32. The normalized spacial score (nSPS) is 13.1. The maximum absolute atomic E-state index is 6.32. The lowest BCUT2D eigenvalue weighted by Gasteiger charge is -2.14. The van der Waals surface area contributed by atoms with Crippen LogP contribution in [0, 0.1) is 6.92 Å². The summed E-state index contributed by atoms with van der Waals surface area (Å²) in [5.41, 5.74) is 9.61. The van der Waals surface area contributed by atoms with E-state index in [4.69, 9.17) is 17.3 Å². The topological polar surface area (TPSA) is 26.0 Å². The van der Waals surface area contributed by atoms with Gasteiger partial charge in [0, 0.05) is 11.1 Å². The van der Waals surface area contributed by atoms with E-state index in [0.29, 0.717) is 12.0 Å². The van der Waals surface area contributed by atoms with E-state index in [2.05, 4.69) is 39.8 Å². The molecule has 0 saturated carbocycles. The lowest BCUT2D eigenvalue weighted by Crippen LogP contribution is -2.14. The molecule has 0 heterocycles. The number of aryl methyl sites for hydroxylation is 2. The first kappa shape index (κ1) is 14.5. The second-order valence-corrected chi connectivity index (χ2v) is 5.72. The van der Waals surface area contributed by atoms with Crippen LogP contribution in [-0.4, -0.2) is 6.04 Å². The van der Waals surface area contributed by atoms with Crippen molar-refractivity contribution in [2.75, 3.05) is 0 Å². The molecule has 96 valence electrons. The van der Waals surface area contributed by atoms with Crippen LogP contribution in [-0.2, 0) is 6.42 Å². The Morgan fingerprint density at radius 3 is 2.41 bits per heavy atom. The Morgan fingerprint density at radius 2 is 1.88 bits per heavy atom. The van der Waals surface area contributed by atoms with Gasteiger partial charge in [-0.15, -0.1) is 0 Å². The Morgan fingerprint density at radius 1 is 1.24 bits per heavy atom. The minimum absolute atomic E-state index is 0.299. The number of halogens is 1. The van der Waals surface area contributed by atoms with Crippen molar-refractivity contribution in [1.29, 1.82) is 0 Å². The van der Waals surface area contributed by atoms with Gasteiger partial charge in [-0.05, 0) is 55.7 Å². The quantitative estimate of drug-likeness (QED) is 0.825. The van der Waals surface area contributed by atoms with Crippen molar-refractivity contribution in [3.05, 3.63) is 33.8 Å². The second kappa shape index (κ2) is 6.42. The largest absolute Gasteiger partial charge is 0.328 e. The Labute approximate surface area is 110 Å². The summed E-state index contributed by atoms with van der Waals surface area (Å²) in [5.74, 6) is 0.481. The molecule has 1 atom stereocenters. The second-order valence-electron chi connectivity index (χ2n) is 5.34. The molecule has 0 aromatic heterocycles. The first-order chi connectivity index (χ1) is 7.91. The summed E-state index contributed by atoms with van der Waals surface area (Å²) >= 11 is 6.32. The van der Waals surface area contributed by atoms with Gasteiger partial charge in [-0.25, -0.2) is 0 Å².